The fourth-order valence-electron chi connectivity index (χ4n) is 1.26. The average Bonchev–Trinajstić information content (AvgIpc) is 2.06. The Hall–Kier alpha value is -1.18. The van der Waals surface area contributed by atoms with Crippen LogP contribution in [0.2, 0.25) is 0 Å². The highest BCUT2D eigenvalue weighted by Gasteiger charge is 2.11. The minimum atomic E-state index is 0.0627. The molecule has 0 aliphatic carbocycles. The molecule has 1 aromatic carbocycles. The summed E-state index contributed by atoms with van der Waals surface area (Å²) in [5, 5.41) is 3.41. The Labute approximate surface area is 86.3 Å². The molecule has 0 saturated carbocycles. The summed E-state index contributed by atoms with van der Waals surface area (Å²) in [6.07, 6.45) is 0. The van der Waals surface area contributed by atoms with Crippen LogP contribution in [0.1, 0.15) is 27.7 Å². The van der Waals surface area contributed by atoms with Crippen LogP contribution < -0.4 is 10.1 Å². The third-order valence-corrected chi connectivity index (χ3v) is 1.70. The first-order valence-corrected chi connectivity index (χ1v) is 5.03. The van der Waals surface area contributed by atoms with Crippen LogP contribution >= 0.6 is 0 Å². The normalized spacial score (nSPS) is 11.1. The number of anilines is 1. The zero-order valence-corrected chi connectivity index (χ0v) is 9.42. The van der Waals surface area contributed by atoms with Gasteiger partial charge in [-0.1, -0.05) is 12.1 Å². The highest BCUT2D eigenvalue weighted by Crippen LogP contribution is 2.26. The number of rotatable bonds is 3. The smallest absolute Gasteiger partial charge is 0.142 e. The van der Waals surface area contributed by atoms with Crippen molar-refractivity contribution in [2.24, 2.45) is 0 Å². The first-order valence-electron chi connectivity index (χ1n) is 5.03. The molecule has 14 heavy (non-hydrogen) atoms. The summed E-state index contributed by atoms with van der Waals surface area (Å²) >= 11 is 0. The van der Waals surface area contributed by atoms with Crippen LogP contribution in [0.25, 0.3) is 0 Å². The van der Waals surface area contributed by atoms with E-state index in [1.165, 1.54) is 0 Å². The number of para-hydroxylation sites is 2. The molecule has 0 spiro atoms. The molecule has 1 aromatic rings. The molecule has 1 N–H and O–H groups in total. The van der Waals surface area contributed by atoms with Gasteiger partial charge in [0, 0.05) is 5.54 Å². The molecule has 0 aliphatic heterocycles. The van der Waals surface area contributed by atoms with Gasteiger partial charge in [-0.3, -0.25) is 0 Å². The Morgan fingerprint density at radius 2 is 1.86 bits per heavy atom. The van der Waals surface area contributed by atoms with Gasteiger partial charge >= 0.3 is 0 Å². The monoisotopic (exact) mass is 193 g/mol. The van der Waals surface area contributed by atoms with E-state index < -0.39 is 0 Å². The van der Waals surface area contributed by atoms with Gasteiger partial charge in [0.15, 0.2) is 0 Å². The van der Waals surface area contributed by atoms with Crippen LogP contribution in [0.5, 0.6) is 5.75 Å². The molecule has 0 fully saturated rings. The Kier molecular flexibility index (Phi) is 3.39. The predicted octanol–water partition coefficient (Wildman–Crippen LogP) is 3.30. The van der Waals surface area contributed by atoms with Crippen molar-refractivity contribution < 1.29 is 4.74 Å². The second-order valence-corrected chi connectivity index (χ2v) is 4.30. The van der Waals surface area contributed by atoms with Crippen molar-refractivity contribution >= 4 is 5.69 Å². The van der Waals surface area contributed by atoms with E-state index >= 15 is 0 Å². The Balaban J connectivity index is 2.84. The summed E-state index contributed by atoms with van der Waals surface area (Å²) in [6.45, 7) is 9.10. The molecule has 0 heterocycles. The van der Waals surface area contributed by atoms with E-state index in [4.69, 9.17) is 4.74 Å². The van der Waals surface area contributed by atoms with Gasteiger partial charge in [-0.25, -0.2) is 0 Å². The molecule has 0 atom stereocenters. The standard InChI is InChI=1S/C12H19NO/c1-5-14-11-9-7-6-8-10(11)13-12(2,3)4/h6-9,13H,5H2,1-4H3. The molecule has 0 aromatic heterocycles. The Morgan fingerprint density at radius 1 is 1.21 bits per heavy atom. The third kappa shape index (κ3) is 3.29. The van der Waals surface area contributed by atoms with Gasteiger partial charge in [0.25, 0.3) is 0 Å². The maximum absolute atomic E-state index is 5.52. The van der Waals surface area contributed by atoms with Gasteiger partial charge in [0.1, 0.15) is 5.75 Å². The number of hydrogen-bond acceptors (Lipinski definition) is 2. The molecule has 0 saturated heterocycles. The van der Waals surface area contributed by atoms with Crippen molar-refractivity contribution in [3.63, 3.8) is 0 Å². The quantitative estimate of drug-likeness (QED) is 0.795. The zero-order valence-electron chi connectivity index (χ0n) is 9.42. The van der Waals surface area contributed by atoms with E-state index in [-0.39, 0.29) is 5.54 Å². The average molecular weight is 193 g/mol. The minimum absolute atomic E-state index is 0.0627. The summed E-state index contributed by atoms with van der Waals surface area (Å²) in [5.74, 6) is 0.921. The van der Waals surface area contributed by atoms with Crippen LogP contribution in [-0.2, 0) is 0 Å². The van der Waals surface area contributed by atoms with E-state index in [0.29, 0.717) is 6.61 Å². The summed E-state index contributed by atoms with van der Waals surface area (Å²) < 4.78 is 5.52. The van der Waals surface area contributed by atoms with Crippen LogP contribution in [0.3, 0.4) is 0 Å². The summed E-state index contributed by atoms with van der Waals surface area (Å²) in [5.41, 5.74) is 1.12. The topological polar surface area (TPSA) is 21.3 Å². The number of hydrogen-bond donors (Lipinski definition) is 1. The van der Waals surface area contributed by atoms with Crippen molar-refractivity contribution in [2.45, 2.75) is 33.2 Å². The number of benzene rings is 1. The van der Waals surface area contributed by atoms with Crippen molar-refractivity contribution in [2.75, 3.05) is 11.9 Å². The molecule has 0 bridgehead atoms. The van der Waals surface area contributed by atoms with Crippen LogP contribution in [-0.4, -0.2) is 12.1 Å². The van der Waals surface area contributed by atoms with E-state index in [1.54, 1.807) is 0 Å². The SMILES string of the molecule is CCOc1ccccc1NC(C)(C)C. The van der Waals surface area contributed by atoms with E-state index in [2.05, 4.69) is 26.1 Å². The summed E-state index contributed by atoms with van der Waals surface area (Å²) in [7, 11) is 0. The molecule has 0 aliphatic rings. The van der Waals surface area contributed by atoms with Gasteiger partial charge in [0.05, 0.1) is 12.3 Å². The summed E-state index contributed by atoms with van der Waals surface area (Å²) in [6, 6.07) is 8.02. The van der Waals surface area contributed by atoms with Gasteiger partial charge in [-0.15, -0.1) is 0 Å². The summed E-state index contributed by atoms with van der Waals surface area (Å²) in [4.78, 5) is 0. The fourth-order valence-corrected chi connectivity index (χ4v) is 1.26. The molecule has 2 heteroatoms. The number of nitrogens with one attached hydrogen (secondary N) is 1. The first kappa shape index (κ1) is 10.9. The van der Waals surface area contributed by atoms with Crippen molar-refractivity contribution in [3.8, 4) is 5.75 Å². The molecular formula is C12H19NO. The molecular weight excluding hydrogens is 174 g/mol. The van der Waals surface area contributed by atoms with E-state index in [0.717, 1.165) is 11.4 Å². The van der Waals surface area contributed by atoms with Gasteiger partial charge < -0.3 is 10.1 Å². The molecule has 1 rings (SSSR count). The lowest BCUT2D eigenvalue weighted by Crippen LogP contribution is -2.26. The maximum Gasteiger partial charge on any atom is 0.142 e. The highest BCUT2D eigenvalue weighted by molar-refractivity contribution is 5.57. The maximum atomic E-state index is 5.52. The largest absolute Gasteiger partial charge is 0.492 e. The van der Waals surface area contributed by atoms with Crippen molar-refractivity contribution in [1.29, 1.82) is 0 Å². The van der Waals surface area contributed by atoms with Crippen molar-refractivity contribution in [1.82, 2.24) is 0 Å². The lowest BCUT2D eigenvalue weighted by molar-refractivity contribution is 0.341. The second-order valence-electron chi connectivity index (χ2n) is 4.30. The first-order chi connectivity index (χ1) is 6.53. The Morgan fingerprint density at radius 3 is 2.43 bits per heavy atom. The van der Waals surface area contributed by atoms with Crippen LogP contribution in [0.4, 0.5) is 5.69 Å². The molecule has 0 amide bonds. The van der Waals surface area contributed by atoms with Gasteiger partial charge in [-0.2, -0.15) is 0 Å². The number of ether oxygens (including phenoxy) is 1. The van der Waals surface area contributed by atoms with Crippen LogP contribution in [0, 0.1) is 0 Å². The molecule has 0 unspecified atom stereocenters. The third-order valence-electron chi connectivity index (χ3n) is 1.70. The van der Waals surface area contributed by atoms with Gasteiger partial charge in [-0.05, 0) is 39.8 Å². The highest BCUT2D eigenvalue weighted by atomic mass is 16.5. The van der Waals surface area contributed by atoms with Crippen LogP contribution in [0.15, 0.2) is 24.3 Å². The molecule has 78 valence electrons. The fraction of sp³-hybridized carbons (Fsp3) is 0.500. The molecule has 2 nitrogen and oxygen atoms in total. The molecule has 0 radical (unpaired) electrons. The van der Waals surface area contributed by atoms with Crippen molar-refractivity contribution in [3.05, 3.63) is 24.3 Å². The van der Waals surface area contributed by atoms with E-state index in [1.807, 2.05) is 31.2 Å². The predicted molar refractivity (Wildman–Crippen MR) is 61.0 cm³/mol. The lowest BCUT2D eigenvalue weighted by Gasteiger charge is -2.23. The zero-order chi connectivity index (χ0) is 10.6. The lowest BCUT2D eigenvalue weighted by atomic mass is 10.1. The van der Waals surface area contributed by atoms with E-state index in [9.17, 15) is 0 Å². The minimum Gasteiger partial charge on any atom is -0.492 e. The second kappa shape index (κ2) is 4.36. The van der Waals surface area contributed by atoms with Gasteiger partial charge in [0.2, 0.25) is 0 Å². The Bertz CT molecular complexity index is 289.